The van der Waals surface area contributed by atoms with Crippen LogP contribution in [0.5, 0.6) is 5.75 Å². The van der Waals surface area contributed by atoms with E-state index in [1.54, 1.807) is 12.1 Å². The van der Waals surface area contributed by atoms with Gasteiger partial charge < -0.3 is 4.74 Å². The third-order valence-corrected chi connectivity index (χ3v) is 5.47. The Bertz CT molecular complexity index is 1210. The molecule has 2 N–H and O–H groups in total. The molecule has 0 amide bonds. The molecule has 0 aliphatic heterocycles. The van der Waals surface area contributed by atoms with Gasteiger partial charge in [0.25, 0.3) is 15.7 Å². The first kappa shape index (κ1) is 21.7. The second-order valence-electron chi connectivity index (χ2n) is 6.19. The fourth-order valence-electron chi connectivity index (χ4n) is 2.52. The average molecular weight is 444 g/mol. The van der Waals surface area contributed by atoms with Crippen LogP contribution in [0.3, 0.4) is 0 Å². The number of halogens is 1. The molecule has 31 heavy (non-hydrogen) atoms. The number of nitrogens with one attached hydrogen (secondary N) is 2. The number of ether oxygens (including phenoxy) is 1. The highest BCUT2D eigenvalue weighted by molar-refractivity contribution is 7.92. The van der Waals surface area contributed by atoms with Crippen LogP contribution in [0, 0.1) is 15.9 Å². The van der Waals surface area contributed by atoms with Crippen molar-refractivity contribution in [3.8, 4) is 5.75 Å². The van der Waals surface area contributed by atoms with Crippen molar-refractivity contribution in [3.63, 3.8) is 0 Å². The van der Waals surface area contributed by atoms with E-state index in [-0.39, 0.29) is 16.3 Å². The Morgan fingerprint density at radius 1 is 1.06 bits per heavy atom. The summed E-state index contributed by atoms with van der Waals surface area (Å²) in [6.45, 7) is 0. The van der Waals surface area contributed by atoms with Crippen LogP contribution in [-0.4, -0.2) is 26.7 Å². The van der Waals surface area contributed by atoms with Gasteiger partial charge in [0, 0.05) is 11.8 Å². The highest BCUT2D eigenvalue weighted by Crippen LogP contribution is 2.29. The van der Waals surface area contributed by atoms with Crippen LogP contribution in [0.15, 0.2) is 76.7 Å². The van der Waals surface area contributed by atoms with E-state index in [9.17, 15) is 22.9 Å². The largest absolute Gasteiger partial charge is 0.497 e. The first-order chi connectivity index (χ1) is 14.8. The number of nitro groups is 1. The Morgan fingerprint density at radius 2 is 1.74 bits per heavy atom. The summed E-state index contributed by atoms with van der Waals surface area (Å²) in [5.41, 5.74) is 2.86. The first-order valence-corrected chi connectivity index (χ1v) is 10.3. The minimum absolute atomic E-state index is 0.00763. The van der Waals surface area contributed by atoms with Gasteiger partial charge in [0.2, 0.25) is 0 Å². The van der Waals surface area contributed by atoms with E-state index in [1.807, 2.05) is 0 Å². The van der Waals surface area contributed by atoms with Crippen molar-refractivity contribution in [1.82, 2.24) is 0 Å². The third-order valence-electron chi connectivity index (χ3n) is 4.09. The quantitative estimate of drug-likeness (QED) is 0.308. The maximum absolute atomic E-state index is 12.9. The summed E-state index contributed by atoms with van der Waals surface area (Å²) < 4.78 is 45.5. The highest BCUT2D eigenvalue weighted by atomic mass is 32.2. The molecule has 0 aromatic heterocycles. The fourth-order valence-corrected chi connectivity index (χ4v) is 3.60. The van der Waals surface area contributed by atoms with Crippen LogP contribution in [-0.2, 0) is 10.0 Å². The van der Waals surface area contributed by atoms with Gasteiger partial charge in [-0.2, -0.15) is 5.10 Å². The number of nitrogens with zero attached hydrogens (tertiary/aromatic N) is 2. The zero-order valence-electron chi connectivity index (χ0n) is 16.2. The number of benzene rings is 3. The van der Waals surface area contributed by atoms with Gasteiger partial charge in [-0.3, -0.25) is 20.3 Å². The predicted octanol–water partition coefficient (Wildman–Crippen LogP) is 3.99. The van der Waals surface area contributed by atoms with E-state index in [4.69, 9.17) is 4.74 Å². The van der Waals surface area contributed by atoms with Gasteiger partial charge in [-0.15, -0.1) is 0 Å². The molecular weight excluding hydrogens is 427 g/mol. The molecule has 0 heterocycles. The second kappa shape index (κ2) is 9.22. The SMILES string of the molecule is COc1ccc(NS(=O)(=O)c2ccc(N/N=C\c3ccc(F)cc3)c([N+](=O)[O-])c2)cc1. The van der Waals surface area contributed by atoms with E-state index in [2.05, 4.69) is 15.2 Å². The molecule has 0 unspecified atom stereocenters. The van der Waals surface area contributed by atoms with Crippen molar-refractivity contribution in [2.75, 3.05) is 17.3 Å². The summed E-state index contributed by atoms with van der Waals surface area (Å²) in [6.07, 6.45) is 1.35. The number of hydrogen-bond acceptors (Lipinski definition) is 7. The van der Waals surface area contributed by atoms with E-state index < -0.39 is 26.5 Å². The number of nitro benzene ring substituents is 1. The van der Waals surface area contributed by atoms with Crippen molar-refractivity contribution in [2.24, 2.45) is 5.10 Å². The van der Waals surface area contributed by atoms with Gasteiger partial charge >= 0.3 is 0 Å². The zero-order valence-corrected chi connectivity index (χ0v) is 17.0. The molecule has 0 aliphatic rings. The Morgan fingerprint density at radius 3 is 2.35 bits per heavy atom. The van der Waals surface area contributed by atoms with Crippen LogP contribution >= 0.6 is 0 Å². The maximum atomic E-state index is 12.9. The molecule has 0 bridgehead atoms. The molecule has 9 nitrogen and oxygen atoms in total. The molecule has 0 atom stereocenters. The molecule has 0 fully saturated rings. The molecule has 11 heteroatoms. The maximum Gasteiger partial charge on any atom is 0.295 e. The van der Waals surface area contributed by atoms with E-state index in [1.165, 1.54) is 61.9 Å². The van der Waals surface area contributed by atoms with Gasteiger partial charge in [0.1, 0.15) is 17.3 Å². The summed E-state index contributed by atoms with van der Waals surface area (Å²) in [5, 5.41) is 15.3. The number of methoxy groups -OCH3 is 1. The lowest BCUT2D eigenvalue weighted by atomic mass is 10.2. The van der Waals surface area contributed by atoms with Crippen LogP contribution in [0.4, 0.5) is 21.5 Å². The highest BCUT2D eigenvalue weighted by Gasteiger charge is 2.21. The average Bonchev–Trinajstić information content (AvgIpc) is 2.75. The molecule has 0 saturated heterocycles. The molecule has 0 spiro atoms. The van der Waals surface area contributed by atoms with E-state index in [0.29, 0.717) is 11.3 Å². The lowest BCUT2D eigenvalue weighted by molar-refractivity contribution is -0.384. The summed E-state index contributed by atoms with van der Waals surface area (Å²) in [5.74, 6) is 0.149. The fraction of sp³-hybridized carbons (Fsp3) is 0.0500. The molecule has 0 aliphatic carbocycles. The zero-order chi connectivity index (χ0) is 22.4. The molecule has 160 valence electrons. The van der Waals surface area contributed by atoms with Crippen LogP contribution in [0.25, 0.3) is 0 Å². The van der Waals surface area contributed by atoms with Crippen molar-refractivity contribution in [1.29, 1.82) is 0 Å². The number of rotatable bonds is 8. The summed E-state index contributed by atoms with van der Waals surface area (Å²) in [4.78, 5) is 10.4. The van der Waals surface area contributed by atoms with Crippen molar-refractivity contribution < 1.29 is 22.5 Å². The molecule has 0 radical (unpaired) electrons. The minimum atomic E-state index is -4.07. The predicted molar refractivity (Wildman–Crippen MR) is 115 cm³/mol. The monoisotopic (exact) mass is 444 g/mol. The van der Waals surface area contributed by atoms with E-state index >= 15 is 0 Å². The molecule has 0 saturated carbocycles. The minimum Gasteiger partial charge on any atom is -0.497 e. The van der Waals surface area contributed by atoms with Crippen molar-refractivity contribution in [3.05, 3.63) is 88.2 Å². The third kappa shape index (κ3) is 5.54. The topological polar surface area (TPSA) is 123 Å². The number of hydrazone groups is 1. The standard InChI is InChI=1S/C20H17FN4O5S/c1-30-17-8-6-16(7-9-17)24-31(28,29)18-10-11-19(20(12-18)25(26)27)23-22-13-14-2-4-15(21)5-3-14/h2-13,23-24H,1H3/b22-13-. The van der Waals surface area contributed by atoms with Gasteiger partial charge in [0.05, 0.1) is 23.1 Å². The number of sulfonamides is 1. The normalized spacial score (nSPS) is 11.3. The Kier molecular flexibility index (Phi) is 6.46. The van der Waals surface area contributed by atoms with Crippen LogP contribution in [0.2, 0.25) is 0 Å². The first-order valence-electron chi connectivity index (χ1n) is 8.78. The summed E-state index contributed by atoms with van der Waals surface area (Å²) >= 11 is 0. The van der Waals surface area contributed by atoms with Gasteiger partial charge in [0.15, 0.2) is 0 Å². The van der Waals surface area contributed by atoms with E-state index in [0.717, 1.165) is 6.07 Å². The van der Waals surface area contributed by atoms with Crippen molar-refractivity contribution in [2.45, 2.75) is 4.90 Å². The Hall–Kier alpha value is -3.99. The van der Waals surface area contributed by atoms with Gasteiger partial charge in [-0.05, 0) is 54.1 Å². The lowest BCUT2D eigenvalue weighted by Crippen LogP contribution is -2.13. The van der Waals surface area contributed by atoms with Crippen molar-refractivity contribution >= 4 is 33.3 Å². The second-order valence-corrected chi connectivity index (χ2v) is 7.87. The smallest absolute Gasteiger partial charge is 0.295 e. The van der Waals surface area contributed by atoms with Gasteiger partial charge in [-0.25, -0.2) is 12.8 Å². The Labute approximate surface area is 177 Å². The molecule has 3 aromatic rings. The Balaban J connectivity index is 1.81. The molecular formula is C20H17FN4O5S. The van der Waals surface area contributed by atoms with Gasteiger partial charge in [-0.1, -0.05) is 12.1 Å². The van der Waals surface area contributed by atoms with Crippen LogP contribution in [0.1, 0.15) is 5.56 Å². The molecule has 3 rings (SSSR count). The summed E-state index contributed by atoms with van der Waals surface area (Å²) in [6, 6.07) is 15.0. The number of hydrogen-bond donors (Lipinski definition) is 2. The summed E-state index contributed by atoms with van der Waals surface area (Å²) in [7, 11) is -2.59. The number of anilines is 2. The lowest BCUT2D eigenvalue weighted by Gasteiger charge is -2.10. The molecule has 3 aromatic carbocycles. The van der Waals surface area contributed by atoms with Crippen LogP contribution < -0.4 is 14.9 Å².